The Kier molecular flexibility index (Phi) is 5.90. The number of carbonyl (C=O) groups is 3. The van der Waals surface area contributed by atoms with Gasteiger partial charge in [-0.1, -0.05) is 0 Å². The number of alkyl halides is 3. The van der Waals surface area contributed by atoms with Crippen molar-refractivity contribution in [1.29, 1.82) is 0 Å². The van der Waals surface area contributed by atoms with E-state index in [0.717, 1.165) is 12.3 Å². The Morgan fingerprint density at radius 3 is 2.52 bits per heavy atom. The molecule has 3 amide bonds. The Hall–Kier alpha value is -3.97. The Balaban J connectivity index is 1.81. The topological polar surface area (TPSA) is 160 Å². The summed E-state index contributed by atoms with van der Waals surface area (Å²) in [4.78, 5) is 49.2. The Labute approximate surface area is 173 Å². The number of hydrogen-bond acceptors (Lipinski definition) is 8. The summed E-state index contributed by atoms with van der Waals surface area (Å²) in [7, 11) is 0. The van der Waals surface area contributed by atoms with Crippen LogP contribution in [0.5, 0.6) is 0 Å². The number of carbonyl (C=O) groups excluding carboxylic acids is 3. The molecule has 1 saturated heterocycles. The lowest BCUT2D eigenvalue weighted by atomic mass is 10.2. The van der Waals surface area contributed by atoms with Crippen LogP contribution in [0.3, 0.4) is 0 Å². The molecule has 0 unspecified atom stereocenters. The second kappa shape index (κ2) is 8.41. The average Bonchev–Trinajstić information content (AvgIpc) is 2.71. The molecule has 0 aromatic carbocycles. The quantitative estimate of drug-likeness (QED) is 0.556. The number of piperazine rings is 1. The van der Waals surface area contributed by atoms with Crippen molar-refractivity contribution in [2.45, 2.75) is 6.18 Å². The van der Waals surface area contributed by atoms with E-state index in [9.17, 15) is 27.6 Å². The number of halogens is 3. The minimum Gasteiger partial charge on any atom is -0.368 e. The van der Waals surface area contributed by atoms with Gasteiger partial charge >= 0.3 is 6.18 Å². The molecule has 1 aliphatic rings. The number of hydrogen-bond donors (Lipinski definition) is 3. The first-order valence-corrected chi connectivity index (χ1v) is 8.84. The number of anilines is 3. The zero-order chi connectivity index (χ0) is 22.8. The van der Waals surface area contributed by atoms with Gasteiger partial charge in [-0.15, -0.1) is 0 Å². The molecule has 5 N–H and O–H groups in total. The van der Waals surface area contributed by atoms with Gasteiger partial charge in [-0.25, -0.2) is 4.98 Å². The maximum absolute atomic E-state index is 12.9. The lowest BCUT2D eigenvalue weighted by molar-refractivity contribution is -0.141. The van der Waals surface area contributed by atoms with Gasteiger partial charge in [0.25, 0.3) is 5.91 Å². The van der Waals surface area contributed by atoms with Crippen LogP contribution in [-0.2, 0) is 15.8 Å². The lowest BCUT2D eigenvalue weighted by Gasteiger charge is -2.34. The van der Waals surface area contributed by atoms with E-state index in [1.165, 1.54) is 21.9 Å². The number of amides is 3. The van der Waals surface area contributed by atoms with Crippen molar-refractivity contribution in [3.8, 4) is 0 Å². The van der Waals surface area contributed by atoms with E-state index in [0.29, 0.717) is 0 Å². The molecular weight excluding hydrogens is 421 g/mol. The van der Waals surface area contributed by atoms with Crippen molar-refractivity contribution in [3.05, 3.63) is 35.8 Å². The molecule has 0 saturated carbocycles. The first-order chi connectivity index (χ1) is 14.5. The number of nitrogens with two attached hydrogens (primary N) is 2. The summed E-state index contributed by atoms with van der Waals surface area (Å²) < 4.78 is 38.7. The van der Waals surface area contributed by atoms with Gasteiger partial charge in [0.05, 0.1) is 6.54 Å². The lowest BCUT2D eigenvalue weighted by Crippen LogP contribution is -2.51. The number of pyridine rings is 1. The van der Waals surface area contributed by atoms with Crippen molar-refractivity contribution in [2.75, 3.05) is 41.3 Å². The summed E-state index contributed by atoms with van der Waals surface area (Å²) in [5.41, 5.74) is 9.14. The maximum Gasteiger partial charge on any atom is 0.433 e. The molecule has 164 valence electrons. The highest BCUT2D eigenvalue weighted by atomic mass is 19.4. The predicted molar refractivity (Wildman–Crippen MR) is 102 cm³/mol. The third-order valence-electron chi connectivity index (χ3n) is 4.26. The largest absolute Gasteiger partial charge is 0.433 e. The highest BCUT2D eigenvalue weighted by Gasteiger charge is 2.34. The van der Waals surface area contributed by atoms with Crippen molar-refractivity contribution >= 4 is 35.2 Å². The van der Waals surface area contributed by atoms with E-state index in [-0.39, 0.29) is 49.3 Å². The van der Waals surface area contributed by atoms with E-state index in [2.05, 4.69) is 20.3 Å². The minimum atomic E-state index is -4.64. The van der Waals surface area contributed by atoms with Crippen LogP contribution < -0.4 is 26.6 Å². The van der Waals surface area contributed by atoms with Gasteiger partial charge in [0.15, 0.2) is 0 Å². The van der Waals surface area contributed by atoms with Crippen LogP contribution in [-0.4, -0.2) is 58.9 Å². The Morgan fingerprint density at radius 2 is 1.90 bits per heavy atom. The number of aromatic nitrogens is 3. The SMILES string of the molecule is NC(=O)CNc1cc(C(N)=O)nc(N2CCN(c3ccnc(C(F)(F)F)c3)C(=O)C2)n1. The molecule has 0 atom stereocenters. The van der Waals surface area contributed by atoms with Crippen LogP contribution in [0.25, 0.3) is 0 Å². The number of rotatable bonds is 6. The summed E-state index contributed by atoms with van der Waals surface area (Å²) >= 11 is 0. The molecule has 1 fully saturated rings. The Bertz CT molecular complexity index is 1030. The molecule has 1 aliphatic heterocycles. The van der Waals surface area contributed by atoms with Gasteiger partial charge < -0.3 is 26.6 Å². The van der Waals surface area contributed by atoms with Gasteiger partial charge in [0.2, 0.25) is 17.8 Å². The number of primary amides is 2. The van der Waals surface area contributed by atoms with Crippen LogP contribution in [0, 0.1) is 0 Å². The molecule has 0 spiro atoms. The Morgan fingerprint density at radius 1 is 1.16 bits per heavy atom. The molecule has 0 aliphatic carbocycles. The van der Waals surface area contributed by atoms with Gasteiger partial charge in [-0.05, 0) is 12.1 Å². The first-order valence-electron chi connectivity index (χ1n) is 8.84. The molecule has 11 nitrogen and oxygen atoms in total. The van der Waals surface area contributed by atoms with Crippen molar-refractivity contribution in [1.82, 2.24) is 15.0 Å². The van der Waals surface area contributed by atoms with Crippen LogP contribution in [0.1, 0.15) is 16.2 Å². The monoisotopic (exact) mass is 438 g/mol. The smallest absolute Gasteiger partial charge is 0.368 e. The van der Waals surface area contributed by atoms with E-state index in [1.807, 2.05) is 0 Å². The fraction of sp³-hybridized carbons (Fsp3) is 0.294. The molecule has 14 heteroatoms. The number of nitrogens with zero attached hydrogens (tertiary/aromatic N) is 5. The van der Waals surface area contributed by atoms with Gasteiger partial charge in [-0.3, -0.25) is 19.4 Å². The molecule has 0 bridgehead atoms. The first kappa shape index (κ1) is 21.7. The van der Waals surface area contributed by atoms with E-state index >= 15 is 0 Å². The van der Waals surface area contributed by atoms with Crippen molar-refractivity contribution in [3.63, 3.8) is 0 Å². The van der Waals surface area contributed by atoms with E-state index in [1.54, 1.807) is 0 Å². The second-order valence-electron chi connectivity index (χ2n) is 6.49. The third-order valence-corrected chi connectivity index (χ3v) is 4.26. The molecule has 2 aromatic rings. The summed E-state index contributed by atoms with van der Waals surface area (Å²) in [6.07, 6.45) is -3.66. The molecule has 3 rings (SSSR count). The number of nitrogens with one attached hydrogen (secondary N) is 1. The second-order valence-corrected chi connectivity index (χ2v) is 6.49. The summed E-state index contributed by atoms with van der Waals surface area (Å²) in [5, 5.41) is 2.62. The van der Waals surface area contributed by atoms with E-state index < -0.39 is 29.6 Å². The fourth-order valence-electron chi connectivity index (χ4n) is 2.83. The normalized spacial score (nSPS) is 14.5. The zero-order valence-electron chi connectivity index (χ0n) is 15.9. The minimum absolute atomic E-state index is 0.0121. The van der Waals surface area contributed by atoms with Crippen LogP contribution in [0.2, 0.25) is 0 Å². The van der Waals surface area contributed by atoms with Crippen molar-refractivity contribution < 1.29 is 27.6 Å². The summed E-state index contributed by atoms with van der Waals surface area (Å²) in [6, 6.07) is 3.32. The molecule has 2 aromatic heterocycles. The molecular formula is C17H17F3N8O3. The third kappa shape index (κ3) is 5.15. The van der Waals surface area contributed by atoms with Crippen LogP contribution >= 0.6 is 0 Å². The summed E-state index contributed by atoms with van der Waals surface area (Å²) in [6.45, 7) is -0.326. The molecule has 3 heterocycles. The highest BCUT2D eigenvalue weighted by molar-refractivity contribution is 5.97. The van der Waals surface area contributed by atoms with Gasteiger partial charge in [0, 0.05) is 31.0 Å². The maximum atomic E-state index is 12.9. The van der Waals surface area contributed by atoms with Crippen LogP contribution in [0.15, 0.2) is 24.4 Å². The standard InChI is InChI=1S/C17H17F3N8O3/c18-17(19,20)11-5-9(1-2-23-11)28-4-3-27(8-14(28)30)16-25-10(15(22)31)6-13(26-16)24-7-12(21)29/h1-2,5-6H,3-4,7-8H2,(H2,21,29)(H2,22,31)(H,24,25,26). The van der Waals surface area contributed by atoms with Crippen LogP contribution in [0.4, 0.5) is 30.6 Å². The molecule has 0 radical (unpaired) electrons. The fourth-order valence-corrected chi connectivity index (χ4v) is 2.83. The summed E-state index contributed by atoms with van der Waals surface area (Å²) in [5.74, 6) is -1.95. The average molecular weight is 438 g/mol. The highest BCUT2D eigenvalue weighted by Crippen LogP contribution is 2.30. The zero-order valence-corrected chi connectivity index (χ0v) is 15.9. The predicted octanol–water partition coefficient (Wildman–Crippen LogP) is -0.260. The van der Waals surface area contributed by atoms with Gasteiger partial charge in [0.1, 0.15) is 23.8 Å². The van der Waals surface area contributed by atoms with Gasteiger partial charge in [-0.2, -0.15) is 18.2 Å². The molecule has 31 heavy (non-hydrogen) atoms. The van der Waals surface area contributed by atoms with Crippen molar-refractivity contribution in [2.24, 2.45) is 11.5 Å². The van der Waals surface area contributed by atoms with E-state index in [4.69, 9.17) is 11.5 Å².